The van der Waals surface area contributed by atoms with E-state index in [1.807, 2.05) is 0 Å². The standard InChI is InChI=1S/C10H10N2O2S/c13-5-9-11-10(14-12-9)8-4-6-2-1-3-7(6)15-8/h4,13H,1-3,5H2. The van der Waals surface area contributed by atoms with Gasteiger partial charge in [0, 0.05) is 4.88 Å². The molecule has 1 aliphatic carbocycles. The van der Waals surface area contributed by atoms with Crippen molar-refractivity contribution in [3.05, 3.63) is 22.3 Å². The van der Waals surface area contributed by atoms with Crippen LogP contribution in [0, 0.1) is 0 Å². The van der Waals surface area contributed by atoms with Gasteiger partial charge < -0.3 is 9.63 Å². The molecule has 0 amide bonds. The van der Waals surface area contributed by atoms with Crippen molar-refractivity contribution in [3.63, 3.8) is 0 Å². The first-order chi connectivity index (χ1) is 7.36. The molecule has 0 atom stereocenters. The van der Waals surface area contributed by atoms with Gasteiger partial charge in [0.1, 0.15) is 6.61 Å². The highest BCUT2D eigenvalue weighted by Crippen LogP contribution is 2.35. The molecule has 3 rings (SSSR count). The van der Waals surface area contributed by atoms with Crippen molar-refractivity contribution in [1.29, 1.82) is 0 Å². The molecule has 0 radical (unpaired) electrons. The predicted octanol–water partition coefficient (Wildman–Crippen LogP) is 1.78. The fraction of sp³-hybridized carbons (Fsp3) is 0.400. The van der Waals surface area contributed by atoms with E-state index in [0.717, 1.165) is 11.3 Å². The van der Waals surface area contributed by atoms with Gasteiger partial charge in [0.2, 0.25) is 0 Å². The summed E-state index contributed by atoms with van der Waals surface area (Å²) in [7, 11) is 0. The van der Waals surface area contributed by atoms with Gasteiger partial charge in [-0.25, -0.2) is 0 Å². The molecule has 0 spiro atoms. The second kappa shape index (κ2) is 3.43. The molecule has 0 fully saturated rings. The van der Waals surface area contributed by atoms with E-state index >= 15 is 0 Å². The molecule has 5 heteroatoms. The third-order valence-corrected chi connectivity index (χ3v) is 3.79. The van der Waals surface area contributed by atoms with Gasteiger partial charge in [0.05, 0.1) is 4.88 Å². The molecule has 0 aromatic carbocycles. The van der Waals surface area contributed by atoms with E-state index in [2.05, 4.69) is 16.2 Å². The molecule has 0 aliphatic heterocycles. The van der Waals surface area contributed by atoms with Crippen molar-refractivity contribution in [1.82, 2.24) is 10.1 Å². The number of nitrogens with zero attached hydrogens (tertiary/aromatic N) is 2. The smallest absolute Gasteiger partial charge is 0.268 e. The van der Waals surface area contributed by atoms with E-state index in [0.29, 0.717) is 11.7 Å². The zero-order valence-corrected chi connectivity index (χ0v) is 8.88. The van der Waals surface area contributed by atoms with E-state index in [1.165, 1.54) is 23.3 Å². The second-order valence-corrected chi connectivity index (χ2v) is 4.72. The quantitative estimate of drug-likeness (QED) is 0.841. The van der Waals surface area contributed by atoms with Crippen LogP contribution in [0.15, 0.2) is 10.6 Å². The highest BCUT2D eigenvalue weighted by molar-refractivity contribution is 7.15. The van der Waals surface area contributed by atoms with Crippen LogP contribution in [0.2, 0.25) is 0 Å². The summed E-state index contributed by atoms with van der Waals surface area (Å²) in [5.74, 6) is 0.872. The Hall–Kier alpha value is -1.20. The molecular weight excluding hydrogens is 212 g/mol. The molecule has 1 N–H and O–H groups in total. The molecule has 0 saturated carbocycles. The Bertz CT molecular complexity index is 468. The average molecular weight is 222 g/mol. The van der Waals surface area contributed by atoms with Crippen LogP contribution in [0.4, 0.5) is 0 Å². The maximum atomic E-state index is 8.83. The van der Waals surface area contributed by atoms with Crippen LogP contribution in [-0.2, 0) is 19.4 Å². The number of rotatable bonds is 2. The lowest BCUT2D eigenvalue weighted by molar-refractivity contribution is 0.264. The summed E-state index contributed by atoms with van der Waals surface area (Å²) in [5, 5.41) is 12.5. The fourth-order valence-corrected chi connectivity index (χ4v) is 3.03. The molecule has 2 heterocycles. The minimum Gasteiger partial charge on any atom is -0.388 e. The van der Waals surface area contributed by atoms with Crippen molar-refractivity contribution in [3.8, 4) is 10.8 Å². The van der Waals surface area contributed by atoms with E-state index in [9.17, 15) is 0 Å². The van der Waals surface area contributed by atoms with Crippen molar-refractivity contribution in [2.24, 2.45) is 0 Å². The number of thiophene rings is 1. The SMILES string of the molecule is OCc1noc(-c2cc3c(s2)CCC3)n1. The van der Waals surface area contributed by atoms with Crippen LogP contribution < -0.4 is 0 Å². The van der Waals surface area contributed by atoms with Crippen LogP contribution in [-0.4, -0.2) is 15.2 Å². The molecule has 78 valence electrons. The van der Waals surface area contributed by atoms with Gasteiger partial charge in [-0.3, -0.25) is 0 Å². The third kappa shape index (κ3) is 1.48. The maximum Gasteiger partial charge on any atom is 0.268 e. The highest BCUT2D eigenvalue weighted by atomic mass is 32.1. The topological polar surface area (TPSA) is 59.2 Å². The van der Waals surface area contributed by atoms with Gasteiger partial charge in [-0.2, -0.15) is 4.98 Å². The van der Waals surface area contributed by atoms with Crippen molar-refractivity contribution in [2.45, 2.75) is 25.9 Å². The molecule has 2 aromatic heterocycles. The van der Waals surface area contributed by atoms with Crippen LogP contribution >= 0.6 is 11.3 Å². The molecule has 2 aromatic rings. The van der Waals surface area contributed by atoms with Crippen LogP contribution in [0.1, 0.15) is 22.7 Å². The first kappa shape index (κ1) is 9.06. The zero-order chi connectivity index (χ0) is 10.3. The lowest BCUT2D eigenvalue weighted by atomic mass is 10.2. The summed E-state index contributed by atoms with van der Waals surface area (Å²) in [6.07, 6.45) is 3.58. The van der Waals surface area contributed by atoms with E-state index in [4.69, 9.17) is 9.63 Å². The summed E-state index contributed by atoms with van der Waals surface area (Å²) in [6, 6.07) is 2.13. The highest BCUT2D eigenvalue weighted by Gasteiger charge is 2.18. The molecule has 0 unspecified atom stereocenters. The number of aromatic nitrogens is 2. The Morgan fingerprint density at radius 1 is 1.47 bits per heavy atom. The minimum atomic E-state index is -0.172. The number of aliphatic hydroxyl groups is 1. The van der Waals surface area contributed by atoms with Crippen molar-refractivity contribution < 1.29 is 9.63 Å². The zero-order valence-electron chi connectivity index (χ0n) is 8.06. The molecule has 15 heavy (non-hydrogen) atoms. The number of aliphatic hydroxyl groups excluding tert-OH is 1. The lowest BCUT2D eigenvalue weighted by Gasteiger charge is -1.86. The first-order valence-electron chi connectivity index (χ1n) is 4.92. The Morgan fingerprint density at radius 3 is 3.13 bits per heavy atom. The maximum absolute atomic E-state index is 8.83. The van der Waals surface area contributed by atoms with E-state index < -0.39 is 0 Å². The molecule has 4 nitrogen and oxygen atoms in total. The summed E-state index contributed by atoms with van der Waals surface area (Å²) in [6.45, 7) is -0.172. The Labute approximate surface area is 90.6 Å². The fourth-order valence-electron chi connectivity index (χ4n) is 1.85. The van der Waals surface area contributed by atoms with E-state index in [-0.39, 0.29) is 6.61 Å². The van der Waals surface area contributed by atoms with E-state index in [1.54, 1.807) is 11.3 Å². The third-order valence-electron chi connectivity index (χ3n) is 2.57. The lowest BCUT2D eigenvalue weighted by Crippen LogP contribution is -1.84. The summed E-state index contributed by atoms with van der Waals surface area (Å²) in [4.78, 5) is 6.55. The molecule has 0 saturated heterocycles. The molecular formula is C10H10N2O2S. The van der Waals surface area contributed by atoms with Crippen LogP contribution in [0.3, 0.4) is 0 Å². The Balaban J connectivity index is 1.98. The van der Waals surface area contributed by atoms with Gasteiger partial charge in [-0.05, 0) is 30.9 Å². The Kier molecular flexibility index (Phi) is 2.07. The predicted molar refractivity (Wildman–Crippen MR) is 55.6 cm³/mol. The number of hydrogen-bond acceptors (Lipinski definition) is 5. The molecule has 0 bridgehead atoms. The van der Waals surface area contributed by atoms with Crippen LogP contribution in [0.25, 0.3) is 10.8 Å². The largest absolute Gasteiger partial charge is 0.388 e. The van der Waals surface area contributed by atoms with Crippen molar-refractivity contribution >= 4 is 11.3 Å². The van der Waals surface area contributed by atoms with Crippen LogP contribution in [0.5, 0.6) is 0 Å². The first-order valence-corrected chi connectivity index (χ1v) is 5.74. The average Bonchev–Trinajstić information content (AvgIpc) is 2.91. The summed E-state index contributed by atoms with van der Waals surface area (Å²) >= 11 is 1.72. The van der Waals surface area contributed by atoms with Gasteiger partial charge in [-0.15, -0.1) is 11.3 Å². The van der Waals surface area contributed by atoms with Gasteiger partial charge in [0.15, 0.2) is 5.82 Å². The van der Waals surface area contributed by atoms with Gasteiger partial charge in [-0.1, -0.05) is 5.16 Å². The summed E-state index contributed by atoms with van der Waals surface area (Å²) < 4.78 is 5.07. The number of hydrogen-bond donors (Lipinski definition) is 1. The number of fused-ring (bicyclic) bond motifs is 1. The monoisotopic (exact) mass is 222 g/mol. The summed E-state index contributed by atoms with van der Waals surface area (Å²) in [5.41, 5.74) is 1.42. The van der Waals surface area contributed by atoms with Gasteiger partial charge in [0.25, 0.3) is 5.89 Å². The second-order valence-electron chi connectivity index (χ2n) is 3.59. The van der Waals surface area contributed by atoms with Crippen molar-refractivity contribution in [2.75, 3.05) is 0 Å². The number of aryl methyl sites for hydroxylation is 2. The minimum absolute atomic E-state index is 0.172. The Morgan fingerprint density at radius 2 is 2.40 bits per heavy atom. The molecule has 1 aliphatic rings. The normalized spacial score (nSPS) is 14.5. The van der Waals surface area contributed by atoms with Gasteiger partial charge >= 0.3 is 0 Å².